The average molecular weight is 341 g/mol. The molecule has 4 heteroatoms. The van der Waals surface area contributed by atoms with E-state index in [4.69, 9.17) is 5.11 Å². The first-order valence-corrected chi connectivity index (χ1v) is 9.66. The maximum atomic E-state index is 11.5. The first kappa shape index (κ1) is 22.7. The molecule has 0 bridgehead atoms. The molecule has 1 atom stereocenters. The summed E-state index contributed by atoms with van der Waals surface area (Å²) >= 11 is 0. The SMILES string of the molecule is CCCCCCCC=C(CCCCCCC)C(CC(=O)O)C(=O)O. The van der Waals surface area contributed by atoms with Crippen molar-refractivity contribution >= 4 is 11.9 Å². The lowest BCUT2D eigenvalue weighted by Crippen LogP contribution is -2.20. The third kappa shape index (κ3) is 12.1. The smallest absolute Gasteiger partial charge is 0.311 e. The molecule has 0 heterocycles. The zero-order valence-electron chi connectivity index (χ0n) is 15.6. The summed E-state index contributed by atoms with van der Waals surface area (Å²) in [6, 6.07) is 0. The van der Waals surface area contributed by atoms with Crippen LogP contribution in [0.25, 0.3) is 0 Å². The van der Waals surface area contributed by atoms with Gasteiger partial charge in [0.25, 0.3) is 0 Å². The number of carboxylic acids is 2. The standard InChI is InChI=1S/C20H36O4/c1-3-5-7-9-11-13-15-17(14-12-10-8-6-4-2)18(20(23)24)16-19(21)22/h15,18H,3-14,16H2,1-2H3,(H,21,22)(H,23,24). The molecule has 0 aliphatic heterocycles. The molecular formula is C20H36O4. The van der Waals surface area contributed by atoms with Crippen LogP contribution in [0.4, 0.5) is 0 Å². The summed E-state index contributed by atoms with van der Waals surface area (Å²) in [7, 11) is 0. The summed E-state index contributed by atoms with van der Waals surface area (Å²) in [5, 5.41) is 18.4. The second kappa shape index (κ2) is 15.2. The van der Waals surface area contributed by atoms with Gasteiger partial charge >= 0.3 is 11.9 Å². The van der Waals surface area contributed by atoms with Crippen LogP contribution in [0.2, 0.25) is 0 Å². The van der Waals surface area contributed by atoms with E-state index >= 15 is 0 Å². The van der Waals surface area contributed by atoms with Gasteiger partial charge in [-0.2, -0.15) is 0 Å². The van der Waals surface area contributed by atoms with Crippen molar-refractivity contribution < 1.29 is 19.8 Å². The fourth-order valence-corrected chi connectivity index (χ4v) is 2.94. The lowest BCUT2D eigenvalue weighted by molar-refractivity contribution is -0.147. The number of aliphatic carboxylic acids is 2. The normalized spacial score (nSPS) is 13.0. The molecule has 0 amide bonds. The Morgan fingerprint density at radius 2 is 1.38 bits per heavy atom. The highest BCUT2D eigenvalue weighted by Gasteiger charge is 2.24. The van der Waals surface area contributed by atoms with Crippen molar-refractivity contribution in [3.05, 3.63) is 11.6 Å². The van der Waals surface area contributed by atoms with Gasteiger partial charge in [-0.25, -0.2) is 0 Å². The van der Waals surface area contributed by atoms with Crippen molar-refractivity contribution in [1.29, 1.82) is 0 Å². The van der Waals surface area contributed by atoms with Gasteiger partial charge in [0.1, 0.15) is 0 Å². The zero-order valence-corrected chi connectivity index (χ0v) is 15.6. The van der Waals surface area contributed by atoms with E-state index in [-0.39, 0.29) is 6.42 Å². The molecule has 0 aromatic carbocycles. The van der Waals surface area contributed by atoms with Gasteiger partial charge in [0.05, 0.1) is 12.3 Å². The Hall–Kier alpha value is -1.32. The Kier molecular flexibility index (Phi) is 14.4. The number of unbranched alkanes of at least 4 members (excludes halogenated alkanes) is 9. The maximum Gasteiger partial charge on any atom is 0.311 e. The Bertz CT molecular complexity index is 374. The number of allylic oxidation sites excluding steroid dienone is 1. The van der Waals surface area contributed by atoms with Crippen LogP contribution < -0.4 is 0 Å². The van der Waals surface area contributed by atoms with E-state index in [0.717, 1.165) is 44.1 Å². The van der Waals surface area contributed by atoms with E-state index in [1.807, 2.05) is 6.08 Å². The second-order valence-corrected chi connectivity index (χ2v) is 6.63. The molecule has 0 spiro atoms. The molecule has 0 aromatic heterocycles. The van der Waals surface area contributed by atoms with E-state index in [1.165, 1.54) is 32.1 Å². The van der Waals surface area contributed by atoms with Crippen molar-refractivity contribution in [1.82, 2.24) is 0 Å². The third-order valence-electron chi connectivity index (χ3n) is 4.41. The summed E-state index contributed by atoms with van der Waals surface area (Å²) in [6.45, 7) is 4.34. The molecule has 0 saturated carbocycles. The van der Waals surface area contributed by atoms with Crippen molar-refractivity contribution in [3.8, 4) is 0 Å². The predicted octanol–water partition coefficient (Wildman–Crippen LogP) is 5.81. The van der Waals surface area contributed by atoms with Gasteiger partial charge < -0.3 is 10.2 Å². The molecule has 0 fully saturated rings. The number of rotatable bonds is 16. The van der Waals surface area contributed by atoms with Crippen molar-refractivity contribution in [3.63, 3.8) is 0 Å². The summed E-state index contributed by atoms with van der Waals surface area (Å²) in [6.07, 6.45) is 14.7. The zero-order chi connectivity index (χ0) is 18.2. The van der Waals surface area contributed by atoms with Gasteiger partial charge in [-0.1, -0.05) is 76.9 Å². The maximum absolute atomic E-state index is 11.5. The third-order valence-corrected chi connectivity index (χ3v) is 4.41. The molecule has 24 heavy (non-hydrogen) atoms. The molecular weight excluding hydrogens is 304 g/mol. The summed E-state index contributed by atoms with van der Waals surface area (Å²) in [5.74, 6) is -2.92. The van der Waals surface area contributed by atoms with Crippen LogP contribution in [0, 0.1) is 5.92 Å². The Balaban J connectivity index is 4.59. The van der Waals surface area contributed by atoms with Crippen LogP contribution in [-0.4, -0.2) is 22.2 Å². The van der Waals surface area contributed by atoms with Crippen LogP contribution in [0.5, 0.6) is 0 Å². The van der Waals surface area contributed by atoms with E-state index in [2.05, 4.69) is 13.8 Å². The van der Waals surface area contributed by atoms with Gasteiger partial charge in [-0.15, -0.1) is 0 Å². The molecule has 2 N–H and O–H groups in total. The molecule has 0 aliphatic rings. The molecule has 4 nitrogen and oxygen atoms in total. The second-order valence-electron chi connectivity index (χ2n) is 6.63. The summed E-state index contributed by atoms with van der Waals surface area (Å²) in [4.78, 5) is 22.5. The molecule has 1 unspecified atom stereocenters. The minimum atomic E-state index is -1.04. The van der Waals surface area contributed by atoms with Gasteiger partial charge in [0.2, 0.25) is 0 Å². The number of carboxylic acid groups (broad SMARTS) is 2. The highest BCUT2D eigenvalue weighted by molar-refractivity contribution is 5.80. The van der Waals surface area contributed by atoms with E-state index < -0.39 is 17.9 Å². The quantitative estimate of drug-likeness (QED) is 0.275. The fraction of sp³-hybridized carbons (Fsp3) is 0.800. The Morgan fingerprint density at radius 3 is 1.88 bits per heavy atom. The fourth-order valence-electron chi connectivity index (χ4n) is 2.94. The molecule has 140 valence electrons. The molecule has 0 radical (unpaired) electrons. The van der Waals surface area contributed by atoms with Gasteiger partial charge in [0.15, 0.2) is 0 Å². The van der Waals surface area contributed by atoms with E-state index in [1.54, 1.807) is 0 Å². The van der Waals surface area contributed by atoms with Crippen LogP contribution >= 0.6 is 0 Å². The van der Waals surface area contributed by atoms with Crippen LogP contribution in [-0.2, 0) is 9.59 Å². The molecule has 0 aromatic rings. The van der Waals surface area contributed by atoms with Crippen molar-refractivity contribution in [2.24, 2.45) is 5.92 Å². The predicted molar refractivity (Wildman–Crippen MR) is 98.2 cm³/mol. The summed E-state index contributed by atoms with van der Waals surface area (Å²) < 4.78 is 0. The largest absolute Gasteiger partial charge is 0.481 e. The molecule has 0 aliphatic carbocycles. The Labute approximate surface area is 147 Å². The van der Waals surface area contributed by atoms with Crippen molar-refractivity contribution in [2.75, 3.05) is 0 Å². The monoisotopic (exact) mass is 340 g/mol. The first-order chi connectivity index (χ1) is 11.5. The lowest BCUT2D eigenvalue weighted by Gasteiger charge is -2.15. The minimum Gasteiger partial charge on any atom is -0.481 e. The highest BCUT2D eigenvalue weighted by Crippen LogP contribution is 2.24. The Morgan fingerprint density at radius 1 is 0.833 bits per heavy atom. The number of hydrogen-bond donors (Lipinski definition) is 2. The van der Waals surface area contributed by atoms with E-state index in [0.29, 0.717) is 6.42 Å². The molecule has 0 saturated heterocycles. The highest BCUT2D eigenvalue weighted by atomic mass is 16.4. The lowest BCUT2D eigenvalue weighted by atomic mass is 9.90. The van der Waals surface area contributed by atoms with Gasteiger partial charge in [0, 0.05) is 0 Å². The van der Waals surface area contributed by atoms with Gasteiger partial charge in [-0.3, -0.25) is 9.59 Å². The minimum absolute atomic E-state index is 0.314. The van der Waals surface area contributed by atoms with Crippen molar-refractivity contribution in [2.45, 2.75) is 97.3 Å². The summed E-state index contributed by atoms with van der Waals surface area (Å²) in [5.41, 5.74) is 0.817. The van der Waals surface area contributed by atoms with Crippen LogP contribution in [0.1, 0.15) is 97.3 Å². The number of carbonyl (C=O) groups is 2. The van der Waals surface area contributed by atoms with Crippen LogP contribution in [0.3, 0.4) is 0 Å². The molecule has 0 rings (SSSR count). The topological polar surface area (TPSA) is 74.6 Å². The van der Waals surface area contributed by atoms with Gasteiger partial charge in [-0.05, 0) is 25.7 Å². The van der Waals surface area contributed by atoms with E-state index in [9.17, 15) is 14.7 Å². The van der Waals surface area contributed by atoms with Crippen LogP contribution in [0.15, 0.2) is 11.6 Å². The first-order valence-electron chi connectivity index (χ1n) is 9.66. The average Bonchev–Trinajstić information content (AvgIpc) is 2.53. The number of hydrogen-bond acceptors (Lipinski definition) is 2.